The van der Waals surface area contributed by atoms with Crippen molar-refractivity contribution in [2.45, 2.75) is 111 Å². The summed E-state index contributed by atoms with van der Waals surface area (Å²) in [6.07, 6.45) is 13.4. The van der Waals surface area contributed by atoms with Crippen LogP contribution in [0.1, 0.15) is 109 Å². The fourth-order valence-corrected chi connectivity index (χ4v) is 3.97. The molecule has 0 amide bonds. The molecular formula is C30H46N2O. The van der Waals surface area contributed by atoms with Crippen LogP contribution in [0.15, 0.2) is 46.6 Å². The molecule has 0 heterocycles. The predicted molar refractivity (Wildman–Crippen MR) is 143 cm³/mol. The van der Waals surface area contributed by atoms with Crippen LogP contribution in [0.3, 0.4) is 0 Å². The summed E-state index contributed by atoms with van der Waals surface area (Å²) in [4.78, 5) is 0. The topological polar surface area (TPSA) is 34.0 Å². The Balaban J connectivity index is 1.84. The Labute approximate surface area is 203 Å². The molecule has 3 nitrogen and oxygen atoms in total. The van der Waals surface area contributed by atoms with Crippen molar-refractivity contribution < 1.29 is 4.74 Å². The molecule has 0 atom stereocenters. The maximum Gasteiger partial charge on any atom is 0.123 e. The van der Waals surface area contributed by atoms with Crippen LogP contribution in [0.2, 0.25) is 0 Å². The van der Waals surface area contributed by atoms with E-state index in [0.29, 0.717) is 0 Å². The SMILES string of the molecule is CCCCCCCCCCCCOc1ccc(/N=N/c2ccc(C)c(C)c2)cc1C(C)(C)C. The third-order valence-electron chi connectivity index (χ3n) is 6.30. The first-order valence-corrected chi connectivity index (χ1v) is 13.1. The highest BCUT2D eigenvalue weighted by Gasteiger charge is 2.19. The molecule has 0 fully saturated rings. The Morgan fingerprint density at radius 3 is 1.79 bits per heavy atom. The van der Waals surface area contributed by atoms with Gasteiger partial charge < -0.3 is 4.74 Å². The molecule has 2 aromatic carbocycles. The molecule has 0 N–H and O–H groups in total. The lowest BCUT2D eigenvalue weighted by molar-refractivity contribution is 0.296. The number of benzene rings is 2. The molecule has 0 aliphatic rings. The van der Waals surface area contributed by atoms with Crippen molar-refractivity contribution >= 4 is 11.4 Å². The Bertz CT molecular complexity index is 864. The second-order valence-corrected chi connectivity index (χ2v) is 10.4. The molecule has 0 spiro atoms. The van der Waals surface area contributed by atoms with Crippen LogP contribution in [0.4, 0.5) is 11.4 Å². The number of rotatable bonds is 14. The Morgan fingerprint density at radius 2 is 1.21 bits per heavy atom. The van der Waals surface area contributed by atoms with Gasteiger partial charge in [-0.3, -0.25) is 0 Å². The van der Waals surface area contributed by atoms with Crippen molar-refractivity contribution in [1.29, 1.82) is 0 Å². The van der Waals surface area contributed by atoms with Gasteiger partial charge in [0, 0.05) is 5.56 Å². The number of hydrogen-bond donors (Lipinski definition) is 0. The highest BCUT2D eigenvalue weighted by atomic mass is 16.5. The second-order valence-electron chi connectivity index (χ2n) is 10.4. The van der Waals surface area contributed by atoms with Gasteiger partial charge in [-0.1, -0.05) is 91.5 Å². The van der Waals surface area contributed by atoms with Gasteiger partial charge in [-0.05, 0) is 67.1 Å². The van der Waals surface area contributed by atoms with Gasteiger partial charge in [0.2, 0.25) is 0 Å². The molecule has 0 unspecified atom stereocenters. The molecule has 0 bridgehead atoms. The van der Waals surface area contributed by atoms with Crippen molar-refractivity contribution in [3.8, 4) is 5.75 Å². The minimum Gasteiger partial charge on any atom is -0.493 e. The Kier molecular flexibility index (Phi) is 11.6. The molecule has 0 radical (unpaired) electrons. The van der Waals surface area contributed by atoms with Crippen LogP contribution < -0.4 is 4.74 Å². The molecule has 0 aliphatic heterocycles. The first-order chi connectivity index (χ1) is 15.8. The van der Waals surface area contributed by atoms with Gasteiger partial charge in [0.05, 0.1) is 18.0 Å². The van der Waals surface area contributed by atoms with Crippen molar-refractivity contribution in [3.63, 3.8) is 0 Å². The van der Waals surface area contributed by atoms with E-state index in [1.807, 2.05) is 12.1 Å². The molecule has 2 rings (SSSR count). The van der Waals surface area contributed by atoms with Crippen molar-refractivity contribution in [2.24, 2.45) is 10.2 Å². The standard InChI is InChI=1S/C30H46N2O/c1-7-8-9-10-11-12-13-14-15-16-21-33-29-20-19-27(23-28(29)30(4,5)6)32-31-26-18-17-24(2)25(3)22-26/h17-20,22-23H,7-16,21H2,1-6H3/b32-31+. The maximum absolute atomic E-state index is 6.21. The quantitative estimate of drug-likeness (QED) is 0.208. The zero-order chi connectivity index (χ0) is 24.1. The van der Waals surface area contributed by atoms with Crippen molar-refractivity contribution in [2.75, 3.05) is 6.61 Å². The van der Waals surface area contributed by atoms with Gasteiger partial charge in [-0.25, -0.2) is 0 Å². The van der Waals surface area contributed by atoms with Crippen molar-refractivity contribution in [3.05, 3.63) is 53.1 Å². The summed E-state index contributed by atoms with van der Waals surface area (Å²) >= 11 is 0. The summed E-state index contributed by atoms with van der Waals surface area (Å²) < 4.78 is 6.21. The lowest BCUT2D eigenvalue weighted by atomic mass is 9.86. The summed E-state index contributed by atoms with van der Waals surface area (Å²) in [5, 5.41) is 8.94. The summed E-state index contributed by atoms with van der Waals surface area (Å²) in [6.45, 7) is 13.9. The van der Waals surface area contributed by atoms with Crippen LogP contribution in [-0.4, -0.2) is 6.61 Å². The average molecular weight is 451 g/mol. The van der Waals surface area contributed by atoms with Crippen molar-refractivity contribution in [1.82, 2.24) is 0 Å². The zero-order valence-corrected chi connectivity index (χ0v) is 22.0. The van der Waals surface area contributed by atoms with Gasteiger partial charge >= 0.3 is 0 Å². The summed E-state index contributed by atoms with van der Waals surface area (Å²) in [5.41, 5.74) is 5.43. The van der Waals surface area contributed by atoms with Gasteiger partial charge in [0.1, 0.15) is 5.75 Å². The van der Waals surface area contributed by atoms with Gasteiger partial charge in [0.15, 0.2) is 0 Å². The van der Waals surface area contributed by atoms with E-state index in [-0.39, 0.29) is 5.41 Å². The fourth-order valence-electron chi connectivity index (χ4n) is 3.97. The van der Waals surface area contributed by atoms with Crippen LogP contribution in [-0.2, 0) is 5.41 Å². The minimum absolute atomic E-state index is 0.0148. The molecule has 0 saturated carbocycles. The van der Waals surface area contributed by atoms with Crippen LogP contribution in [0.5, 0.6) is 5.75 Å². The van der Waals surface area contributed by atoms with Crippen LogP contribution in [0, 0.1) is 13.8 Å². The van der Waals surface area contributed by atoms with E-state index >= 15 is 0 Å². The third kappa shape index (κ3) is 10.1. The van der Waals surface area contributed by atoms with E-state index in [1.165, 1.54) is 74.5 Å². The van der Waals surface area contributed by atoms with E-state index in [9.17, 15) is 0 Å². The Hall–Kier alpha value is -2.16. The summed E-state index contributed by atoms with van der Waals surface area (Å²) in [6, 6.07) is 12.4. The highest BCUT2D eigenvalue weighted by Crippen LogP contribution is 2.35. The predicted octanol–water partition coefficient (Wildman–Crippen LogP) is 10.3. The molecular weight excluding hydrogens is 404 g/mol. The number of unbranched alkanes of at least 4 members (excludes halogenated alkanes) is 9. The van der Waals surface area contributed by atoms with Crippen LogP contribution in [0.25, 0.3) is 0 Å². The first-order valence-electron chi connectivity index (χ1n) is 13.1. The monoisotopic (exact) mass is 450 g/mol. The van der Waals surface area contributed by atoms with Gasteiger partial charge in [-0.2, -0.15) is 10.2 Å². The normalized spacial score (nSPS) is 11.9. The lowest BCUT2D eigenvalue weighted by Gasteiger charge is -2.23. The van der Waals surface area contributed by atoms with E-state index < -0.39 is 0 Å². The molecule has 2 aromatic rings. The van der Waals surface area contributed by atoms with Gasteiger partial charge in [0.25, 0.3) is 0 Å². The number of ether oxygens (including phenoxy) is 1. The maximum atomic E-state index is 6.21. The molecule has 0 saturated heterocycles. The van der Waals surface area contributed by atoms with E-state index in [0.717, 1.165) is 30.2 Å². The fraction of sp³-hybridized carbons (Fsp3) is 0.600. The summed E-state index contributed by atoms with van der Waals surface area (Å²) in [7, 11) is 0. The van der Waals surface area contributed by atoms with E-state index in [1.54, 1.807) is 0 Å². The molecule has 0 aliphatic carbocycles. The first kappa shape index (κ1) is 27.1. The second kappa shape index (κ2) is 14.2. The number of azo groups is 1. The zero-order valence-electron chi connectivity index (χ0n) is 22.0. The number of aryl methyl sites for hydroxylation is 2. The smallest absolute Gasteiger partial charge is 0.123 e. The molecule has 0 aromatic heterocycles. The highest BCUT2D eigenvalue weighted by molar-refractivity contribution is 5.51. The number of nitrogens with zero attached hydrogens (tertiary/aromatic N) is 2. The van der Waals surface area contributed by atoms with E-state index in [4.69, 9.17) is 4.74 Å². The largest absolute Gasteiger partial charge is 0.493 e. The minimum atomic E-state index is -0.0148. The lowest BCUT2D eigenvalue weighted by Crippen LogP contribution is -2.13. The molecule has 3 heteroatoms. The molecule has 33 heavy (non-hydrogen) atoms. The van der Waals surface area contributed by atoms with Crippen LogP contribution >= 0.6 is 0 Å². The number of hydrogen-bond acceptors (Lipinski definition) is 3. The third-order valence-corrected chi connectivity index (χ3v) is 6.30. The van der Waals surface area contributed by atoms with E-state index in [2.05, 4.69) is 76.0 Å². The molecule has 182 valence electrons. The Morgan fingerprint density at radius 1 is 0.667 bits per heavy atom. The average Bonchev–Trinajstić information content (AvgIpc) is 2.78. The van der Waals surface area contributed by atoms with Gasteiger partial charge in [-0.15, -0.1) is 0 Å². The summed E-state index contributed by atoms with van der Waals surface area (Å²) in [5.74, 6) is 0.976.